The highest BCUT2D eigenvalue weighted by Gasteiger charge is 2.83. The molecule has 0 radical (unpaired) electrons. The Kier molecular flexibility index (Phi) is 7.00. The fourth-order valence-corrected chi connectivity index (χ4v) is 1.83. The van der Waals surface area contributed by atoms with Crippen LogP contribution >= 0.6 is 0 Å². The maximum Gasteiger partial charge on any atom is 0.460 e. The quantitative estimate of drug-likeness (QED) is 0.334. The smallest absolute Gasteiger partial charge is 0.460 e. The van der Waals surface area contributed by atoms with Crippen molar-refractivity contribution in [2.45, 2.75) is 23.3 Å². The highest BCUT2D eigenvalue weighted by atomic mass is 127. The molecule has 0 unspecified atom stereocenters. The van der Waals surface area contributed by atoms with Crippen LogP contribution in [0.2, 0.25) is 0 Å². The predicted molar refractivity (Wildman–Crippen MR) is 57.1 cm³/mol. The number of hydrogen-bond acceptors (Lipinski definition) is 3. The van der Waals surface area contributed by atoms with Crippen molar-refractivity contribution in [2.75, 3.05) is 0 Å². The molecule has 0 atom stereocenters. The van der Waals surface area contributed by atoms with Crippen molar-refractivity contribution in [3.05, 3.63) is 33.9 Å². The first kappa shape index (κ1) is 23.2. The van der Waals surface area contributed by atoms with Gasteiger partial charge in [0.1, 0.15) is 0 Å². The van der Waals surface area contributed by atoms with Gasteiger partial charge in [0.25, 0.3) is 22.6 Å². The van der Waals surface area contributed by atoms with E-state index in [4.69, 9.17) is 0 Å². The van der Waals surface area contributed by atoms with E-state index < -0.39 is 33.4 Å². The Morgan fingerprint density at radius 3 is 1.38 bits per heavy atom. The van der Waals surface area contributed by atoms with Crippen LogP contribution in [0.4, 0.5) is 39.5 Å². The third-order valence-corrected chi connectivity index (χ3v) is 3.83. The largest absolute Gasteiger partial charge is 0.743 e. The van der Waals surface area contributed by atoms with Crippen LogP contribution in [0.1, 0.15) is 0 Å². The monoisotopic (exact) mass is 504 g/mol. The van der Waals surface area contributed by atoms with Crippen LogP contribution in [0.3, 0.4) is 0 Å². The van der Waals surface area contributed by atoms with Gasteiger partial charge in [0.05, 0.1) is 0 Å². The van der Waals surface area contributed by atoms with E-state index in [0.29, 0.717) is 0 Å². The summed E-state index contributed by atoms with van der Waals surface area (Å²) < 4.78 is 137. The standard InChI is InChI=1S/C6H6I.C4HF9O3S/c7-6-4-2-1-3-5-6;5-1(6,3(9,10)11)2(7,8)4(12,13)17(14,15)16/h1-5,7H;(H,14,15,16)/q+1;/p-1. The summed E-state index contributed by atoms with van der Waals surface area (Å²) in [6, 6.07) is 10.3. The van der Waals surface area contributed by atoms with E-state index in [0.717, 1.165) is 0 Å². The first-order chi connectivity index (χ1) is 10.4. The topological polar surface area (TPSA) is 57.2 Å². The van der Waals surface area contributed by atoms with Crippen LogP contribution in [0.25, 0.3) is 0 Å². The van der Waals surface area contributed by atoms with Gasteiger partial charge >= 0.3 is 23.3 Å². The van der Waals surface area contributed by atoms with Crippen LogP contribution in [0.15, 0.2) is 30.3 Å². The molecular formula is C10H6F9IO3S. The zero-order valence-corrected chi connectivity index (χ0v) is 14.0. The molecule has 1 rings (SSSR count). The first-order valence-electron chi connectivity index (χ1n) is 5.27. The van der Waals surface area contributed by atoms with Gasteiger partial charge < -0.3 is 4.55 Å². The molecule has 0 aromatic heterocycles. The van der Waals surface area contributed by atoms with Gasteiger partial charge in [0.2, 0.25) is 0 Å². The third-order valence-electron chi connectivity index (χ3n) is 2.17. The van der Waals surface area contributed by atoms with Gasteiger partial charge in [-0.05, 0) is 12.1 Å². The SMILES string of the molecule is O=S(=O)([O-])C(F)(F)C(F)(F)C(F)(F)C(F)(F)F.[IH+]c1ccccc1. The maximum absolute atomic E-state index is 12.2. The van der Waals surface area contributed by atoms with Crippen molar-refractivity contribution >= 4 is 10.1 Å². The molecule has 14 heteroatoms. The first-order valence-corrected chi connectivity index (χ1v) is 7.84. The zero-order chi connectivity index (χ0) is 19.6. The summed E-state index contributed by atoms with van der Waals surface area (Å²) in [5.74, 6) is -14.8. The average Bonchev–Trinajstić information content (AvgIpc) is 2.37. The number of benzene rings is 1. The van der Waals surface area contributed by atoms with Gasteiger partial charge in [-0.25, -0.2) is 8.42 Å². The predicted octanol–water partition coefficient (Wildman–Crippen LogP) is 0.0991. The molecule has 0 aliphatic rings. The molecule has 140 valence electrons. The lowest BCUT2D eigenvalue weighted by Crippen LogP contribution is -3.34. The minimum absolute atomic E-state index is 1.33. The highest BCUT2D eigenvalue weighted by molar-refractivity contribution is 7.86. The second-order valence-electron chi connectivity index (χ2n) is 3.93. The Labute approximate surface area is 142 Å². The maximum atomic E-state index is 12.2. The molecular weight excluding hydrogens is 498 g/mol. The van der Waals surface area contributed by atoms with E-state index in [1.165, 1.54) is 3.57 Å². The van der Waals surface area contributed by atoms with Gasteiger partial charge in [0.15, 0.2) is 13.7 Å². The summed E-state index contributed by atoms with van der Waals surface area (Å²) in [7, 11) is -7.42. The Morgan fingerprint density at radius 1 is 0.792 bits per heavy atom. The van der Waals surface area contributed by atoms with Crippen LogP contribution in [-0.2, 0) is 10.1 Å². The Hall–Kier alpha value is -0.770. The van der Waals surface area contributed by atoms with Gasteiger partial charge in [0, 0.05) is 0 Å². The van der Waals surface area contributed by atoms with Crippen molar-refractivity contribution in [3.8, 4) is 0 Å². The number of halogens is 10. The average molecular weight is 504 g/mol. The molecule has 3 nitrogen and oxygen atoms in total. The fraction of sp³-hybridized carbons (Fsp3) is 0.400. The van der Waals surface area contributed by atoms with E-state index in [1.54, 1.807) is 0 Å². The normalized spacial score (nSPS) is 14.0. The van der Waals surface area contributed by atoms with E-state index in [1.807, 2.05) is 40.8 Å². The Morgan fingerprint density at radius 2 is 1.17 bits per heavy atom. The third kappa shape index (κ3) is 4.65. The van der Waals surface area contributed by atoms with E-state index >= 15 is 0 Å². The molecule has 0 aliphatic carbocycles. The Balaban J connectivity index is 0.000000620. The lowest BCUT2D eigenvalue weighted by molar-refractivity contribution is -0.382. The number of rotatable bonds is 3. The second kappa shape index (κ2) is 7.23. The van der Waals surface area contributed by atoms with Crippen LogP contribution in [0.5, 0.6) is 0 Å². The number of hydrogen-bond donors (Lipinski definition) is 0. The summed E-state index contributed by atoms with van der Waals surface area (Å²) in [6.45, 7) is 0. The highest BCUT2D eigenvalue weighted by Crippen LogP contribution is 2.54. The molecule has 0 amide bonds. The second-order valence-corrected chi connectivity index (χ2v) is 6.70. The molecule has 1 aromatic rings. The molecule has 0 bridgehead atoms. The van der Waals surface area contributed by atoms with Crippen molar-refractivity contribution in [1.29, 1.82) is 0 Å². The molecule has 0 fully saturated rings. The Bertz CT molecular complexity index is 643. The summed E-state index contributed by atoms with van der Waals surface area (Å²) in [5, 5.41) is -7.11. The van der Waals surface area contributed by atoms with Crippen molar-refractivity contribution in [3.63, 3.8) is 0 Å². The van der Waals surface area contributed by atoms with E-state index in [2.05, 4.69) is 12.1 Å². The van der Waals surface area contributed by atoms with E-state index in [-0.39, 0.29) is 0 Å². The summed E-state index contributed by atoms with van der Waals surface area (Å²) in [5.41, 5.74) is 0. The lowest BCUT2D eigenvalue weighted by Gasteiger charge is -2.34. The van der Waals surface area contributed by atoms with Gasteiger partial charge in [-0.3, -0.25) is 0 Å². The summed E-state index contributed by atoms with van der Waals surface area (Å²) in [4.78, 5) is 0. The fourth-order valence-electron chi connectivity index (χ4n) is 0.938. The van der Waals surface area contributed by atoms with Crippen molar-refractivity contribution < 1.29 is 75.1 Å². The summed E-state index contributed by atoms with van der Waals surface area (Å²) in [6.07, 6.45) is -7.16. The molecule has 0 spiro atoms. The lowest BCUT2D eigenvalue weighted by atomic mass is 10.1. The minimum Gasteiger partial charge on any atom is -0.743 e. The molecule has 0 heterocycles. The van der Waals surface area contributed by atoms with Crippen molar-refractivity contribution in [2.24, 2.45) is 0 Å². The van der Waals surface area contributed by atoms with Gasteiger partial charge in [-0.15, -0.1) is 0 Å². The van der Waals surface area contributed by atoms with Crippen LogP contribution < -0.4 is 22.6 Å². The van der Waals surface area contributed by atoms with Crippen LogP contribution in [-0.4, -0.2) is 36.2 Å². The van der Waals surface area contributed by atoms with Crippen LogP contribution in [0, 0.1) is 3.57 Å². The molecule has 0 N–H and O–H groups in total. The van der Waals surface area contributed by atoms with Gasteiger partial charge in [-0.2, -0.15) is 39.5 Å². The number of alkyl halides is 9. The molecule has 24 heavy (non-hydrogen) atoms. The van der Waals surface area contributed by atoms with Crippen molar-refractivity contribution in [1.82, 2.24) is 0 Å². The molecule has 1 aromatic carbocycles. The zero-order valence-electron chi connectivity index (χ0n) is 10.8. The minimum atomic E-state index is -7.43. The molecule has 0 aliphatic heterocycles. The molecule has 0 saturated carbocycles. The summed E-state index contributed by atoms with van der Waals surface area (Å²) >= 11 is 2.02. The van der Waals surface area contributed by atoms with Gasteiger partial charge in [-0.1, -0.05) is 18.2 Å². The van der Waals surface area contributed by atoms with E-state index in [9.17, 15) is 52.5 Å². The molecule has 0 saturated heterocycles.